The Morgan fingerprint density at radius 2 is 1.56 bits per heavy atom. The predicted octanol–water partition coefficient (Wildman–Crippen LogP) is 6.09. The fraction of sp³-hybridized carbons (Fsp3) is 0.333. The lowest BCUT2D eigenvalue weighted by Crippen LogP contribution is -2.44. The molecule has 3 aromatic carbocycles. The van der Waals surface area contributed by atoms with Crippen LogP contribution in [0, 0.1) is 11.7 Å². The summed E-state index contributed by atoms with van der Waals surface area (Å²) >= 11 is 0. The molecular weight excluding hydrogens is 619 g/mol. The van der Waals surface area contributed by atoms with Gasteiger partial charge in [0.2, 0.25) is 0 Å². The van der Waals surface area contributed by atoms with Gasteiger partial charge in [-0.15, -0.1) is 0 Å². The zero-order valence-corrected chi connectivity index (χ0v) is 27.9. The van der Waals surface area contributed by atoms with Gasteiger partial charge in [0.15, 0.2) is 5.69 Å². The number of nitrogens with one attached hydrogen (secondary N) is 2. The highest BCUT2D eigenvalue weighted by atomic mass is 19.1. The van der Waals surface area contributed by atoms with Crippen molar-refractivity contribution >= 4 is 18.0 Å². The lowest BCUT2D eigenvalue weighted by molar-refractivity contribution is -0.147. The summed E-state index contributed by atoms with van der Waals surface area (Å²) in [6.45, 7) is 7.30. The summed E-state index contributed by atoms with van der Waals surface area (Å²) in [5, 5.41) is 10.0. The molecule has 0 saturated carbocycles. The van der Waals surface area contributed by atoms with Crippen LogP contribution in [-0.4, -0.2) is 60.2 Å². The Kier molecular flexibility index (Phi) is 11.8. The molecule has 2 N–H and O–H groups in total. The van der Waals surface area contributed by atoms with Crippen LogP contribution in [0.1, 0.15) is 50.2 Å². The van der Waals surface area contributed by atoms with Gasteiger partial charge in [0.25, 0.3) is 5.91 Å². The lowest BCUT2D eigenvalue weighted by Gasteiger charge is -2.23. The monoisotopic (exact) mass is 660 g/mol. The second-order valence-electron chi connectivity index (χ2n) is 12.2. The highest BCUT2D eigenvalue weighted by Gasteiger charge is 2.29. The zero-order valence-electron chi connectivity index (χ0n) is 27.9. The molecule has 0 saturated heterocycles. The maximum Gasteiger partial charge on any atom is 0.407 e. The molecule has 0 bridgehead atoms. The topological polar surface area (TPSA) is 130 Å². The van der Waals surface area contributed by atoms with Gasteiger partial charge >= 0.3 is 12.1 Å². The Hall–Kier alpha value is -5.39. The molecule has 1 aromatic heterocycles. The van der Waals surface area contributed by atoms with Gasteiger partial charge in [-0.05, 0) is 81.1 Å². The highest BCUT2D eigenvalue weighted by molar-refractivity contribution is 5.96. The van der Waals surface area contributed by atoms with E-state index in [0.717, 1.165) is 5.56 Å². The van der Waals surface area contributed by atoms with Crippen molar-refractivity contribution in [1.82, 2.24) is 20.4 Å². The number of methoxy groups -OCH3 is 2. The first kappa shape index (κ1) is 35.5. The van der Waals surface area contributed by atoms with Gasteiger partial charge in [-0.3, -0.25) is 4.79 Å². The Labute approximate surface area is 279 Å². The first-order valence-electron chi connectivity index (χ1n) is 15.4. The van der Waals surface area contributed by atoms with Crippen LogP contribution in [-0.2, 0) is 20.9 Å². The minimum Gasteiger partial charge on any atom is -0.496 e. The van der Waals surface area contributed by atoms with Crippen molar-refractivity contribution in [2.24, 2.45) is 5.92 Å². The van der Waals surface area contributed by atoms with Crippen molar-refractivity contribution < 1.29 is 37.7 Å². The molecule has 2 atom stereocenters. The number of alkyl carbamates (subject to hydrolysis) is 1. The highest BCUT2D eigenvalue weighted by Crippen LogP contribution is 2.39. The minimum absolute atomic E-state index is 0.00746. The van der Waals surface area contributed by atoms with E-state index in [1.165, 1.54) is 43.2 Å². The molecule has 0 aliphatic rings. The molecule has 0 aliphatic heterocycles. The number of ether oxygens (including phenoxy) is 4. The molecule has 48 heavy (non-hydrogen) atoms. The van der Waals surface area contributed by atoms with Gasteiger partial charge in [-0.25, -0.2) is 18.7 Å². The second-order valence-corrected chi connectivity index (χ2v) is 12.2. The number of esters is 1. The molecule has 4 aromatic rings. The van der Waals surface area contributed by atoms with E-state index in [0.29, 0.717) is 28.4 Å². The first-order chi connectivity index (χ1) is 22.9. The molecule has 254 valence electrons. The van der Waals surface area contributed by atoms with E-state index in [-0.39, 0.29) is 31.2 Å². The fourth-order valence-corrected chi connectivity index (χ4v) is 4.89. The number of hydrogen-bond acceptors (Lipinski definition) is 8. The van der Waals surface area contributed by atoms with Crippen molar-refractivity contribution in [2.45, 2.75) is 52.4 Å². The van der Waals surface area contributed by atoms with Crippen LogP contribution in [0.5, 0.6) is 11.5 Å². The van der Waals surface area contributed by atoms with Crippen LogP contribution in [0.3, 0.4) is 0 Å². The Balaban J connectivity index is 1.64. The van der Waals surface area contributed by atoms with Gasteiger partial charge in [0, 0.05) is 6.54 Å². The van der Waals surface area contributed by atoms with Crippen LogP contribution in [0.25, 0.3) is 16.9 Å². The maximum atomic E-state index is 13.9. The molecule has 12 heteroatoms. The van der Waals surface area contributed by atoms with Crippen LogP contribution in [0.4, 0.5) is 9.18 Å². The molecule has 0 radical (unpaired) electrons. The van der Waals surface area contributed by atoms with E-state index in [9.17, 15) is 18.8 Å². The number of carbonyl (C=O) groups is 3. The number of benzene rings is 3. The first-order valence-corrected chi connectivity index (χ1v) is 15.4. The van der Waals surface area contributed by atoms with E-state index in [1.807, 2.05) is 37.3 Å². The van der Waals surface area contributed by atoms with E-state index < -0.39 is 35.4 Å². The molecule has 0 fully saturated rings. The Bertz CT molecular complexity index is 1680. The molecule has 2 unspecified atom stereocenters. The number of amides is 2. The SMILES string of the molecule is COc1cccc(OC)c1-c1cc(C(=O)NC(CC(C)CNC(=O)OC(C)(C)C)C(=O)OCc2ccccc2)nn1-c1ccc(F)cc1. The number of rotatable bonds is 13. The number of nitrogens with zero attached hydrogens (tertiary/aromatic N) is 2. The van der Waals surface area contributed by atoms with E-state index in [2.05, 4.69) is 15.7 Å². The van der Waals surface area contributed by atoms with Gasteiger partial charge in [0.05, 0.1) is 31.2 Å². The molecule has 0 spiro atoms. The Morgan fingerprint density at radius 3 is 2.17 bits per heavy atom. The standard InChI is InChI=1S/C36H41FN4O7/c1-23(21-38-35(44)48-36(2,3)4)19-28(34(43)47-22-24-11-8-7-9-12-24)39-33(42)27-20-29(32-30(45-5)13-10-14-31(32)46-6)41(40-27)26-17-15-25(37)16-18-26/h7-18,20,23,28H,19,21-22H2,1-6H3,(H,38,44)(H,39,42). The van der Waals surface area contributed by atoms with E-state index >= 15 is 0 Å². The summed E-state index contributed by atoms with van der Waals surface area (Å²) in [5.41, 5.74) is 1.50. The number of hydrogen-bond donors (Lipinski definition) is 2. The molecule has 2 amide bonds. The molecule has 0 aliphatic carbocycles. The van der Waals surface area contributed by atoms with Gasteiger partial charge in [-0.1, -0.05) is 43.3 Å². The van der Waals surface area contributed by atoms with Crippen molar-refractivity contribution in [3.8, 4) is 28.4 Å². The van der Waals surface area contributed by atoms with Gasteiger partial charge < -0.3 is 29.6 Å². The van der Waals surface area contributed by atoms with Crippen LogP contribution < -0.4 is 20.1 Å². The lowest BCUT2D eigenvalue weighted by atomic mass is 10.0. The smallest absolute Gasteiger partial charge is 0.407 e. The summed E-state index contributed by atoms with van der Waals surface area (Å²) in [7, 11) is 3.02. The van der Waals surface area contributed by atoms with Crippen molar-refractivity contribution in [3.05, 3.63) is 95.9 Å². The second kappa shape index (κ2) is 15.9. The van der Waals surface area contributed by atoms with Crippen molar-refractivity contribution in [3.63, 3.8) is 0 Å². The largest absolute Gasteiger partial charge is 0.496 e. The van der Waals surface area contributed by atoms with Gasteiger partial charge in [-0.2, -0.15) is 5.10 Å². The minimum atomic E-state index is -1.09. The zero-order chi connectivity index (χ0) is 34.8. The predicted molar refractivity (Wildman–Crippen MR) is 178 cm³/mol. The third-order valence-corrected chi connectivity index (χ3v) is 7.14. The summed E-state index contributed by atoms with van der Waals surface area (Å²) in [4.78, 5) is 39.5. The summed E-state index contributed by atoms with van der Waals surface area (Å²) in [6.07, 6.45) is -0.451. The summed E-state index contributed by atoms with van der Waals surface area (Å²) in [5.74, 6) is -1.10. The number of halogens is 1. The third-order valence-electron chi connectivity index (χ3n) is 7.14. The maximum absolute atomic E-state index is 13.9. The summed E-state index contributed by atoms with van der Waals surface area (Å²) in [6, 6.07) is 20.5. The normalized spacial score (nSPS) is 12.4. The molecular formula is C36H41FN4O7. The molecule has 11 nitrogen and oxygen atoms in total. The van der Waals surface area contributed by atoms with Crippen LogP contribution >= 0.6 is 0 Å². The number of aromatic nitrogens is 2. The average Bonchev–Trinajstić information content (AvgIpc) is 3.50. The van der Waals surface area contributed by atoms with Crippen molar-refractivity contribution in [2.75, 3.05) is 20.8 Å². The average molecular weight is 661 g/mol. The Morgan fingerprint density at radius 1 is 0.917 bits per heavy atom. The van der Waals surface area contributed by atoms with E-state index in [4.69, 9.17) is 18.9 Å². The number of carbonyl (C=O) groups excluding carboxylic acids is 3. The van der Waals surface area contributed by atoms with Crippen molar-refractivity contribution in [1.29, 1.82) is 0 Å². The third kappa shape index (κ3) is 9.57. The van der Waals surface area contributed by atoms with E-state index in [1.54, 1.807) is 45.0 Å². The van der Waals surface area contributed by atoms with Crippen LogP contribution in [0.15, 0.2) is 78.9 Å². The molecule has 1 heterocycles. The quantitative estimate of drug-likeness (QED) is 0.165. The summed E-state index contributed by atoms with van der Waals surface area (Å²) < 4.78 is 37.5. The van der Waals surface area contributed by atoms with Crippen LogP contribution in [0.2, 0.25) is 0 Å². The fourth-order valence-electron chi connectivity index (χ4n) is 4.89. The van der Waals surface area contributed by atoms with Gasteiger partial charge in [0.1, 0.15) is 35.6 Å². The molecule has 4 rings (SSSR count).